The molecule has 1 aromatic carbocycles. The van der Waals surface area contributed by atoms with Crippen molar-refractivity contribution in [3.63, 3.8) is 0 Å². The molecule has 1 aromatic heterocycles. The van der Waals surface area contributed by atoms with Crippen LogP contribution in [0.4, 0.5) is 5.69 Å². The van der Waals surface area contributed by atoms with Gasteiger partial charge in [0.05, 0.1) is 4.92 Å². The van der Waals surface area contributed by atoms with Crippen molar-refractivity contribution in [3.8, 4) is 11.6 Å². The molecule has 2 aromatic rings. The molecule has 1 heterocycles. The van der Waals surface area contributed by atoms with Gasteiger partial charge in [-0.05, 0) is 24.6 Å². The van der Waals surface area contributed by atoms with Crippen LogP contribution >= 0.6 is 0 Å². The summed E-state index contributed by atoms with van der Waals surface area (Å²) in [7, 11) is 0. The Hall–Kier alpha value is -3.16. The SMILES string of the molecule is Cc1ccc([N+](=O)[O-])c(Oc2cccc(C(N)=NO)n2)c1. The number of hydrogen-bond donors (Lipinski definition) is 2. The molecule has 8 heteroatoms. The molecule has 0 unspecified atom stereocenters. The second-order valence-corrected chi connectivity index (χ2v) is 4.18. The second kappa shape index (κ2) is 5.87. The number of benzene rings is 1. The molecule has 0 amide bonds. The lowest BCUT2D eigenvalue weighted by atomic mass is 10.2. The second-order valence-electron chi connectivity index (χ2n) is 4.18. The number of hydrogen-bond acceptors (Lipinski definition) is 6. The van der Waals surface area contributed by atoms with Crippen molar-refractivity contribution < 1.29 is 14.9 Å². The highest BCUT2D eigenvalue weighted by Crippen LogP contribution is 2.31. The number of rotatable bonds is 4. The van der Waals surface area contributed by atoms with Crippen LogP contribution < -0.4 is 10.5 Å². The third kappa shape index (κ3) is 3.24. The van der Waals surface area contributed by atoms with Crippen molar-refractivity contribution in [3.05, 3.63) is 57.8 Å². The van der Waals surface area contributed by atoms with E-state index in [1.165, 1.54) is 24.3 Å². The first kappa shape index (κ1) is 14.3. The molecule has 0 aliphatic carbocycles. The van der Waals surface area contributed by atoms with Crippen molar-refractivity contribution in [1.82, 2.24) is 4.98 Å². The molecule has 0 aliphatic heterocycles. The van der Waals surface area contributed by atoms with Gasteiger partial charge in [0.25, 0.3) is 0 Å². The molecule has 21 heavy (non-hydrogen) atoms. The molecule has 0 fully saturated rings. The Bertz CT molecular complexity index is 715. The molecule has 8 nitrogen and oxygen atoms in total. The van der Waals surface area contributed by atoms with Crippen molar-refractivity contribution >= 4 is 11.5 Å². The number of nitro groups is 1. The number of oxime groups is 1. The fourth-order valence-electron chi connectivity index (χ4n) is 1.63. The van der Waals surface area contributed by atoms with Gasteiger partial charge in [-0.3, -0.25) is 10.1 Å². The summed E-state index contributed by atoms with van der Waals surface area (Å²) in [6.45, 7) is 1.79. The van der Waals surface area contributed by atoms with Gasteiger partial charge in [0.2, 0.25) is 11.6 Å². The monoisotopic (exact) mass is 288 g/mol. The van der Waals surface area contributed by atoms with Gasteiger partial charge < -0.3 is 15.7 Å². The van der Waals surface area contributed by atoms with Crippen LogP contribution in [0.1, 0.15) is 11.3 Å². The quantitative estimate of drug-likeness (QED) is 0.292. The summed E-state index contributed by atoms with van der Waals surface area (Å²) < 4.78 is 5.44. The summed E-state index contributed by atoms with van der Waals surface area (Å²) in [5.74, 6) is -0.00356. The number of aryl methyl sites for hydroxylation is 1. The fraction of sp³-hybridized carbons (Fsp3) is 0.0769. The first-order valence-electron chi connectivity index (χ1n) is 5.89. The number of ether oxygens (including phenoxy) is 1. The van der Waals surface area contributed by atoms with E-state index in [1.54, 1.807) is 19.1 Å². The fourth-order valence-corrected chi connectivity index (χ4v) is 1.63. The summed E-state index contributed by atoms with van der Waals surface area (Å²) in [6.07, 6.45) is 0. The van der Waals surface area contributed by atoms with E-state index >= 15 is 0 Å². The van der Waals surface area contributed by atoms with E-state index < -0.39 is 4.92 Å². The zero-order chi connectivity index (χ0) is 15.4. The maximum Gasteiger partial charge on any atom is 0.311 e. The maximum atomic E-state index is 11.0. The van der Waals surface area contributed by atoms with Gasteiger partial charge in [0.15, 0.2) is 5.84 Å². The molecule has 108 valence electrons. The Labute approximate surface area is 119 Å². The molecule has 0 saturated heterocycles. The zero-order valence-corrected chi connectivity index (χ0v) is 11.1. The minimum atomic E-state index is -0.540. The van der Waals surface area contributed by atoms with Crippen molar-refractivity contribution in [2.24, 2.45) is 10.9 Å². The van der Waals surface area contributed by atoms with Crippen molar-refractivity contribution in [2.75, 3.05) is 0 Å². The number of nitrogens with zero attached hydrogens (tertiary/aromatic N) is 3. The van der Waals surface area contributed by atoms with Crippen LogP contribution in [-0.2, 0) is 0 Å². The van der Waals surface area contributed by atoms with Gasteiger partial charge in [-0.25, -0.2) is 4.98 Å². The largest absolute Gasteiger partial charge is 0.432 e. The predicted molar refractivity (Wildman–Crippen MR) is 74.7 cm³/mol. The van der Waals surface area contributed by atoms with Gasteiger partial charge in [-0.1, -0.05) is 17.3 Å². The molecule has 0 spiro atoms. The van der Waals surface area contributed by atoms with E-state index in [0.717, 1.165) is 5.56 Å². The van der Waals surface area contributed by atoms with Crippen LogP contribution in [0, 0.1) is 17.0 Å². The van der Waals surface area contributed by atoms with Crippen LogP contribution in [0.25, 0.3) is 0 Å². The molecular formula is C13H12N4O4. The molecule has 0 radical (unpaired) electrons. The molecule has 0 atom stereocenters. The molecule has 0 saturated carbocycles. The predicted octanol–water partition coefficient (Wildman–Crippen LogP) is 2.19. The van der Waals surface area contributed by atoms with E-state index in [4.69, 9.17) is 15.7 Å². The van der Waals surface area contributed by atoms with Gasteiger partial charge in [-0.2, -0.15) is 0 Å². The van der Waals surface area contributed by atoms with E-state index in [-0.39, 0.29) is 28.8 Å². The smallest absolute Gasteiger partial charge is 0.311 e. The number of amidine groups is 1. The Morgan fingerprint density at radius 3 is 2.86 bits per heavy atom. The number of nitrogens with two attached hydrogens (primary N) is 1. The van der Waals surface area contributed by atoms with Crippen molar-refractivity contribution in [1.29, 1.82) is 0 Å². The summed E-state index contributed by atoms with van der Waals surface area (Å²) in [5, 5.41) is 22.4. The molecular weight excluding hydrogens is 276 g/mol. The normalized spacial score (nSPS) is 11.2. The molecule has 0 bridgehead atoms. The topological polar surface area (TPSA) is 124 Å². The standard InChI is InChI=1S/C13H12N4O4/c1-8-5-6-10(17(19)20)11(7-8)21-12-4-2-3-9(15-12)13(14)16-18/h2-7,18H,1H3,(H2,14,16). The van der Waals surface area contributed by atoms with E-state index in [9.17, 15) is 10.1 Å². The van der Waals surface area contributed by atoms with Crippen LogP contribution in [0.2, 0.25) is 0 Å². The van der Waals surface area contributed by atoms with E-state index in [1.807, 2.05) is 0 Å². The van der Waals surface area contributed by atoms with Gasteiger partial charge in [0, 0.05) is 12.1 Å². The van der Waals surface area contributed by atoms with Crippen LogP contribution in [0.3, 0.4) is 0 Å². The summed E-state index contributed by atoms with van der Waals surface area (Å²) in [5.41, 5.74) is 6.27. The minimum Gasteiger partial charge on any atom is -0.432 e. The summed E-state index contributed by atoms with van der Waals surface area (Å²) >= 11 is 0. The summed E-state index contributed by atoms with van der Waals surface area (Å²) in [6, 6.07) is 9.13. The Morgan fingerprint density at radius 1 is 1.43 bits per heavy atom. The average molecular weight is 288 g/mol. The lowest BCUT2D eigenvalue weighted by molar-refractivity contribution is -0.385. The van der Waals surface area contributed by atoms with Gasteiger partial charge in [-0.15, -0.1) is 0 Å². The Balaban J connectivity index is 2.38. The highest BCUT2D eigenvalue weighted by Gasteiger charge is 2.16. The lowest BCUT2D eigenvalue weighted by Gasteiger charge is -2.07. The zero-order valence-electron chi connectivity index (χ0n) is 11.1. The van der Waals surface area contributed by atoms with Crippen LogP contribution in [0.15, 0.2) is 41.6 Å². The average Bonchev–Trinajstić information content (AvgIpc) is 2.46. The molecule has 3 N–H and O–H groups in total. The Morgan fingerprint density at radius 2 is 2.19 bits per heavy atom. The number of aromatic nitrogens is 1. The number of nitro benzene ring substituents is 1. The third-order valence-electron chi connectivity index (χ3n) is 2.62. The highest BCUT2D eigenvalue weighted by molar-refractivity contribution is 5.95. The van der Waals surface area contributed by atoms with E-state index in [0.29, 0.717) is 0 Å². The first-order valence-corrected chi connectivity index (χ1v) is 5.89. The minimum absolute atomic E-state index is 0.0733. The van der Waals surface area contributed by atoms with Crippen LogP contribution in [0.5, 0.6) is 11.6 Å². The molecule has 0 aliphatic rings. The van der Waals surface area contributed by atoms with Gasteiger partial charge >= 0.3 is 5.69 Å². The third-order valence-corrected chi connectivity index (χ3v) is 2.62. The summed E-state index contributed by atoms with van der Waals surface area (Å²) in [4.78, 5) is 14.4. The lowest BCUT2D eigenvalue weighted by Crippen LogP contribution is -2.14. The molecule has 2 rings (SSSR count). The van der Waals surface area contributed by atoms with Crippen LogP contribution in [-0.4, -0.2) is 21.0 Å². The van der Waals surface area contributed by atoms with Crippen molar-refractivity contribution in [2.45, 2.75) is 6.92 Å². The maximum absolute atomic E-state index is 11.0. The Kier molecular flexibility index (Phi) is 3.98. The first-order chi connectivity index (χ1) is 10.0. The van der Waals surface area contributed by atoms with E-state index in [2.05, 4.69) is 10.1 Å². The number of pyridine rings is 1. The highest BCUT2D eigenvalue weighted by atomic mass is 16.6. The van der Waals surface area contributed by atoms with Gasteiger partial charge in [0.1, 0.15) is 5.69 Å².